The molecule has 0 atom stereocenters. The van der Waals surface area contributed by atoms with Crippen LogP contribution in [0.3, 0.4) is 0 Å². The topological polar surface area (TPSA) is 8.81 Å². The summed E-state index contributed by atoms with van der Waals surface area (Å²) in [5.74, 6) is 0. The van der Waals surface area contributed by atoms with Crippen LogP contribution >= 0.6 is 0 Å². The van der Waals surface area contributed by atoms with E-state index in [1.54, 1.807) is 0 Å². The van der Waals surface area contributed by atoms with Crippen LogP contribution in [0.1, 0.15) is 19.0 Å². The summed E-state index contributed by atoms with van der Waals surface area (Å²) in [6.07, 6.45) is 9.13. The number of aryl methyl sites for hydroxylation is 1. The van der Waals surface area contributed by atoms with Gasteiger partial charge >= 0.3 is 0 Å². The number of hydrogen-bond donors (Lipinski definition) is 0. The lowest BCUT2D eigenvalue weighted by Crippen LogP contribution is -2.30. The molecular formula is C11H17N2+. The zero-order chi connectivity index (χ0) is 9.68. The molecular weight excluding hydrogens is 160 g/mol. The summed E-state index contributed by atoms with van der Waals surface area (Å²) in [6, 6.07) is 0. The average Bonchev–Trinajstić information content (AvgIpc) is 2.49. The number of nitrogens with zero attached hydrogens (tertiary/aromatic N) is 2. The molecule has 0 radical (unpaired) electrons. The van der Waals surface area contributed by atoms with Crippen LogP contribution in [-0.4, -0.2) is 4.57 Å². The van der Waals surface area contributed by atoms with Gasteiger partial charge in [-0.3, -0.25) is 0 Å². The Kier molecular flexibility index (Phi) is 3.50. The molecule has 0 amide bonds. The van der Waals surface area contributed by atoms with E-state index in [0.29, 0.717) is 0 Å². The number of aromatic nitrogens is 2. The van der Waals surface area contributed by atoms with Gasteiger partial charge in [0.1, 0.15) is 12.7 Å². The quantitative estimate of drug-likeness (QED) is 0.480. The summed E-state index contributed by atoms with van der Waals surface area (Å²) >= 11 is 0. The molecule has 2 nitrogen and oxygen atoms in total. The fraction of sp³-hybridized carbons (Fsp3) is 0.364. The molecule has 0 unspecified atom stereocenters. The fourth-order valence-electron chi connectivity index (χ4n) is 1.37. The van der Waals surface area contributed by atoms with Crippen LogP contribution in [0.25, 0.3) is 6.08 Å². The molecule has 0 fully saturated rings. The Morgan fingerprint density at radius 1 is 1.54 bits per heavy atom. The smallest absolute Gasteiger partial charge is 0.236 e. The highest BCUT2D eigenvalue weighted by atomic mass is 15.1. The van der Waals surface area contributed by atoms with Crippen LogP contribution < -0.4 is 4.57 Å². The van der Waals surface area contributed by atoms with Crippen molar-refractivity contribution in [2.24, 2.45) is 0 Å². The van der Waals surface area contributed by atoms with Crippen molar-refractivity contribution >= 4 is 6.08 Å². The summed E-state index contributed by atoms with van der Waals surface area (Å²) in [4.78, 5) is 0. The predicted molar refractivity (Wildman–Crippen MR) is 55.2 cm³/mol. The maximum atomic E-state index is 3.78. The molecule has 0 N–H and O–H groups in total. The highest BCUT2D eigenvalue weighted by molar-refractivity contribution is 5.39. The summed E-state index contributed by atoms with van der Waals surface area (Å²) < 4.78 is 4.32. The van der Waals surface area contributed by atoms with Crippen LogP contribution in [0.15, 0.2) is 31.8 Å². The second-order valence-corrected chi connectivity index (χ2v) is 3.05. The Labute approximate surface area is 79.8 Å². The van der Waals surface area contributed by atoms with Crippen molar-refractivity contribution in [2.75, 3.05) is 0 Å². The Morgan fingerprint density at radius 3 is 2.85 bits per heavy atom. The van der Waals surface area contributed by atoms with Gasteiger partial charge in [-0.2, -0.15) is 0 Å². The monoisotopic (exact) mass is 177 g/mol. The minimum absolute atomic E-state index is 0.845. The van der Waals surface area contributed by atoms with Crippen LogP contribution in [0, 0.1) is 0 Å². The first kappa shape index (κ1) is 9.78. The Bertz CT molecular complexity index is 297. The van der Waals surface area contributed by atoms with E-state index < -0.39 is 0 Å². The van der Waals surface area contributed by atoms with Gasteiger partial charge in [-0.15, -0.1) is 0 Å². The van der Waals surface area contributed by atoms with E-state index in [4.69, 9.17) is 0 Å². The molecule has 13 heavy (non-hydrogen) atoms. The number of imidazole rings is 1. The van der Waals surface area contributed by atoms with Gasteiger partial charge in [0.15, 0.2) is 5.69 Å². The summed E-state index contributed by atoms with van der Waals surface area (Å²) in [5, 5.41) is 0. The second kappa shape index (κ2) is 4.65. The molecule has 2 heteroatoms. The lowest BCUT2D eigenvalue weighted by Gasteiger charge is -1.90. The first-order chi connectivity index (χ1) is 6.31. The first-order valence-electron chi connectivity index (χ1n) is 4.64. The van der Waals surface area contributed by atoms with E-state index in [1.165, 1.54) is 0 Å². The van der Waals surface area contributed by atoms with Gasteiger partial charge in [-0.1, -0.05) is 26.2 Å². The molecule has 1 aromatic heterocycles. The molecule has 0 bridgehead atoms. The van der Waals surface area contributed by atoms with Crippen molar-refractivity contribution < 1.29 is 4.57 Å². The molecule has 70 valence electrons. The number of hydrogen-bond acceptors (Lipinski definition) is 0. The lowest BCUT2D eigenvalue weighted by atomic mass is 10.4. The van der Waals surface area contributed by atoms with Crippen LogP contribution in [0.4, 0.5) is 0 Å². The maximum Gasteiger partial charge on any atom is 0.244 e. The van der Waals surface area contributed by atoms with E-state index in [2.05, 4.69) is 41.7 Å². The minimum atomic E-state index is 0.845. The van der Waals surface area contributed by atoms with Crippen molar-refractivity contribution in [1.29, 1.82) is 0 Å². The van der Waals surface area contributed by atoms with Gasteiger partial charge in [0.05, 0.1) is 6.54 Å². The lowest BCUT2D eigenvalue weighted by molar-refractivity contribution is -0.696. The standard InChI is InChI=1S/C11H17N2/c1-4-7-12-9-11(6-3)13(10-12)8-5-2/h5-6,9-10H,2-4,7-8H2,1H3/q+1. The van der Waals surface area contributed by atoms with Crippen LogP contribution in [0.2, 0.25) is 0 Å². The SMILES string of the molecule is C=CCn1c[n+](CCC)cc1C=C. The third-order valence-electron chi connectivity index (χ3n) is 1.93. The van der Waals surface area contributed by atoms with Gasteiger partial charge in [0.2, 0.25) is 6.33 Å². The Hall–Kier alpha value is -1.31. The fourth-order valence-corrected chi connectivity index (χ4v) is 1.37. The molecule has 0 aliphatic carbocycles. The van der Waals surface area contributed by atoms with Crippen molar-refractivity contribution in [3.05, 3.63) is 37.5 Å². The van der Waals surface area contributed by atoms with E-state index in [-0.39, 0.29) is 0 Å². The Balaban J connectivity index is 2.89. The van der Waals surface area contributed by atoms with Crippen LogP contribution in [0.5, 0.6) is 0 Å². The Morgan fingerprint density at radius 2 is 2.31 bits per heavy atom. The molecule has 0 aliphatic heterocycles. The molecule has 0 spiro atoms. The van der Waals surface area contributed by atoms with Gasteiger partial charge in [-0.05, 0) is 12.5 Å². The zero-order valence-electron chi connectivity index (χ0n) is 8.24. The van der Waals surface area contributed by atoms with Gasteiger partial charge in [0.25, 0.3) is 0 Å². The van der Waals surface area contributed by atoms with Gasteiger partial charge in [-0.25, -0.2) is 9.13 Å². The first-order valence-corrected chi connectivity index (χ1v) is 4.64. The van der Waals surface area contributed by atoms with Crippen molar-refractivity contribution in [1.82, 2.24) is 4.57 Å². The normalized spacial score (nSPS) is 9.92. The molecule has 1 rings (SSSR count). The van der Waals surface area contributed by atoms with E-state index in [0.717, 1.165) is 25.2 Å². The van der Waals surface area contributed by atoms with E-state index in [9.17, 15) is 0 Å². The molecule has 1 aromatic rings. The van der Waals surface area contributed by atoms with E-state index in [1.807, 2.05) is 12.2 Å². The summed E-state index contributed by atoms with van der Waals surface area (Å²) in [5.41, 5.74) is 1.15. The molecule has 0 saturated heterocycles. The summed E-state index contributed by atoms with van der Waals surface area (Å²) in [7, 11) is 0. The molecule has 1 heterocycles. The zero-order valence-corrected chi connectivity index (χ0v) is 8.24. The van der Waals surface area contributed by atoms with E-state index >= 15 is 0 Å². The second-order valence-electron chi connectivity index (χ2n) is 3.05. The number of allylic oxidation sites excluding steroid dienone is 1. The third-order valence-corrected chi connectivity index (χ3v) is 1.93. The van der Waals surface area contributed by atoms with Gasteiger partial charge in [0, 0.05) is 0 Å². The molecule has 0 aliphatic rings. The van der Waals surface area contributed by atoms with Crippen molar-refractivity contribution in [3.8, 4) is 0 Å². The predicted octanol–water partition coefficient (Wildman–Crippen LogP) is 2.01. The minimum Gasteiger partial charge on any atom is -0.236 e. The van der Waals surface area contributed by atoms with Crippen molar-refractivity contribution in [3.63, 3.8) is 0 Å². The van der Waals surface area contributed by atoms with Crippen molar-refractivity contribution in [2.45, 2.75) is 26.4 Å². The summed E-state index contributed by atoms with van der Waals surface area (Å²) in [6.45, 7) is 11.6. The third kappa shape index (κ3) is 2.31. The molecule has 0 saturated carbocycles. The maximum absolute atomic E-state index is 3.78. The highest BCUT2D eigenvalue weighted by Gasteiger charge is 2.07. The van der Waals surface area contributed by atoms with Gasteiger partial charge < -0.3 is 0 Å². The largest absolute Gasteiger partial charge is 0.244 e. The highest BCUT2D eigenvalue weighted by Crippen LogP contribution is 1.99. The average molecular weight is 177 g/mol. The molecule has 0 aromatic carbocycles. The number of rotatable bonds is 5. The van der Waals surface area contributed by atoms with Crippen LogP contribution in [-0.2, 0) is 13.1 Å².